The summed E-state index contributed by atoms with van der Waals surface area (Å²) in [6.07, 6.45) is 0.929. The smallest absolute Gasteiger partial charge is 0.163 e. The summed E-state index contributed by atoms with van der Waals surface area (Å²) in [5, 5.41) is 3.39. The first-order chi connectivity index (χ1) is 8.79. The van der Waals surface area contributed by atoms with Gasteiger partial charge in [-0.1, -0.05) is 0 Å². The molecule has 1 aliphatic rings. The van der Waals surface area contributed by atoms with Crippen LogP contribution in [0.3, 0.4) is 0 Å². The molecule has 2 rings (SSSR count). The Bertz CT molecular complexity index is 381. The predicted octanol–water partition coefficient (Wildman–Crippen LogP) is 2.68. The Morgan fingerprint density at radius 3 is 2.83 bits per heavy atom. The minimum Gasteiger partial charge on any atom is -0.490 e. The Balaban J connectivity index is 1.99. The summed E-state index contributed by atoms with van der Waals surface area (Å²) in [4.78, 5) is 0. The Labute approximate surface area is 108 Å². The van der Waals surface area contributed by atoms with Gasteiger partial charge in [-0.3, -0.25) is 0 Å². The van der Waals surface area contributed by atoms with E-state index >= 15 is 0 Å². The van der Waals surface area contributed by atoms with E-state index in [-0.39, 0.29) is 6.04 Å². The van der Waals surface area contributed by atoms with Crippen LogP contribution >= 0.6 is 0 Å². The van der Waals surface area contributed by atoms with Crippen LogP contribution in [0, 0.1) is 0 Å². The molecule has 100 valence electrons. The molecule has 1 aliphatic heterocycles. The molecule has 1 aromatic rings. The molecule has 1 aromatic carbocycles. The van der Waals surface area contributed by atoms with Crippen molar-refractivity contribution in [1.82, 2.24) is 0 Å². The molecule has 1 N–H and O–H groups in total. The number of hydrogen-bond acceptors (Lipinski definition) is 4. The molecule has 0 fully saturated rings. The number of ether oxygens (including phenoxy) is 3. The third kappa shape index (κ3) is 3.53. The monoisotopic (exact) mass is 251 g/mol. The lowest BCUT2D eigenvalue weighted by atomic mass is 10.2. The lowest BCUT2D eigenvalue weighted by Gasteiger charge is -2.16. The maximum absolute atomic E-state index is 5.66. The van der Waals surface area contributed by atoms with Gasteiger partial charge in [0.2, 0.25) is 0 Å². The molecule has 0 saturated heterocycles. The molecule has 0 radical (unpaired) electrons. The highest BCUT2D eigenvalue weighted by Gasteiger charge is 2.11. The molecule has 1 atom stereocenters. The quantitative estimate of drug-likeness (QED) is 0.873. The van der Waals surface area contributed by atoms with E-state index in [1.807, 2.05) is 25.1 Å². The molecule has 1 unspecified atom stereocenters. The Morgan fingerprint density at radius 1 is 1.28 bits per heavy atom. The zero-order chi connectivity index (χ0) is 12.8. The zero-order valence-electron chi connectivity index (χ0n) is 11.1. The SMILES string of the molecule is CCOCC(C)Nc1ccc2c(c1)OCCCO2. The molecule has 0 saturated carbocycles. The van der Waals surface area contributed by atoms with Crippen molar-refractivity contribution in [3.8, 4) is 11.5 Å². The fourth-order valence-electron chi connectivity index (χ4n) is 1.87. The maximum Gasteiger partial charge on any atom is 0.163 e. The second-order valence-corrected chi connectivity index (χ2v) is 4.42. The first kappa shape index (κ1) is 13.0. The first-order valence-corrected chi connectivity index (χ1v) is 6.53. The molecule has 0 spiro atoms. The number of fused-ring (bicyclic) bond motifs is 1. The van der Waals surface area contributed by atoms with Gasteiger partial charge in [-0.05, 0) is 26.0 Å². The van der Waals surface area contributed by atoms with Gasteiger partial charge in [0.05, 0.1) is 19.8 Å². The third-order valence-electron chi connectivity index (χ3n) is 2.73. The summed E-state index contributed by atoms with van der Waals surface area (Å²) in [6, 6.07) is 6.23. The highest BCUT2D eigenvalue weighted by Crippen LogP contribution is 2.32. The molecule has 0 aromatic heterocycles. The average Bonchev–Trinajstić information content (AvgIpc) is 2.61. The second kappa shape index (κ2) is 6.50. The number of hydrogen-bond donors (Lipinski definition) is 1. The van der Waals surface area contributed by atoms with Gasteiger partial charge < -0.3 is 19.5 Å². The number of benzene rings is 1. The Morgan fingerprint density at radius 2 is 2.06 bits per heavy atom. The van der Waals surface area contributed by atoms with Gasteiger partial charge in [0.25, 0.3) is 0 Å². The van der Waals surface area contributed by atoms with E-state index in [1.54, 1.807) is 0 Å². The van der Waals surface area contributed by atoms with Crippen LogP contribution < -0.4 is 14.8 Å². The molecule has 4 nitrogen and oxygen atoms in total. The summed E-state index contributed by atoms with van der Waals surface area (Å²) < 4.78 is 16.6. The third-order valence-corrected chi connectivity index (χ3v) is 2.73. The van der Waals surface area contributed by atoms with Crippen LogP contribution in [0.4, 0.5) is 5.69 Å². The van der Waals surface area contributed by atoms with E-state index in [9.17, 15) is 0 Å². The van der Waals surface area contributed by atoms with E-state index in [1.165, 1.54) is 0 Å². The Kier molecular flexibility index (Phi) is 4.70. The second-order valence-electron chi connectivity index (χ2n) is 4.42. The van der Waals surface area contributed by atoms with Gasteiger partial charge in [0.1, 0.15) is 0 Å². The molecule has 4 heteroatoms. The number of nitrogens with one attached hydrogen (secondary N) is 1. The highest BCUT2D eigenvalue weighted by atomic mass is 16.5. The standard InChI is InChI=1S/C14H21NO3/c1-3-16-10-11(2)15-12-5-6-13-14(9-12)18-8-4-7-17-13/h5-6,9,11,15H,3-4,7-8,10H2,1-2H3. The van der Waals surface area contributed by atoms with Crippen molar-refractivity contribution in [2.24, 2.45) is 0 Å². The molecule has 1 heterocycles. The van der Waals surface area contributed by atoms with Crippen LogP contribution in [0.2, 0.25) is 0 Å². The Hall–Kier alpha value is -1.42. The summed E-state index contributed by atoms with van der Waals surface area (Å²) in [6.45, 7) is 6.97. The molecule has 0 aliphatic carbocycles. The van der Waals surface area contributed by atoms with Crippen molar-refractivity contribution in [3.63, 3.8) is 0 Å². The van der Waals surface area contributed by atoms with Crippen molar-refractivity contribution in [1.29, 1.82) is 0 Å². The first-order valence-electron chi connectivity index (χ1n) is 6.53. The number of anilines is 1. The number of rotatable bonds is 5. The fourth-order valence-corrected chi connectivity index (χ4v) is 1.87. The van der Waals surface area contributed by atoms with E-state index in [0.717, 1.165) is 36.8 Å². The van der Waals surface area contributed by atoms with Crippen molar-refractivity contribution in [2.45, 2.75) is 26.3 Å². The fraction of sp³-hybridized carbons (Fsp3) is 0.571. The van der Waals surface area contributed by atoms with Gasteiger partial charge in [-0.15, -0.1) is 0 Å². The maximum atomic E-state index is 5.66. The van der Waals surface area contributed by atoms with E-state index in [4.69, 9.17) is 14.2 Å². The van der Waals surface area contributed by atoms with Crippen molar-refractivity contribution in [2.75, 3.05) is 31.7 Å². The van der Waals surface area contributed by atoms with Gasteiger partial charge in [0, 0.05) is 30.8 Å². The molecular formula is C14H21NO3. The summed E-state index contributed by atoms with van der Waals surface area (Å²) in [7, 11) is 0. The largest absolute Gasteiger partial charge is 0.490 e. The molecule has 18 heavy (non-hydrogen) atoms. The van der Waals surface area contributed by atoms with Gasteiger partial charge in [-0.25, -0.2) is 0 Å². The van der Waals surface area contributed by atoms with E-state index in [2.05, 4.69) is 12.2 Å². The van der Waals surface area contributed by atoms with Gasteiger partial charge >= 0.3 is 0 Å². The molecule has 0 bridgehead atoms. The lowest BCUT2D eigenvalue weighted by molar-refractivity contribution is 0.141. The van der Waals surface area contributed by atoms with Crippen molar-refractivity contribution < 1.29 is 14.2 Å². The van der Waals surface area contributed by atoms with Crippen LogP contribution in [0.15, 0.2) is 18.2 Å². The van der Waals surface area contributed by atoms with Crippen LogP contribution in [0.1, 0.15) is 20.3 Å². The van der Waals surface area contributed by atoms with Gasteiger partial charge in [-0.2, -0.15) is 0 Å². The van der Waals surface area contributed by atoms with Crippen LogP contribution in [0.5, 0.6) is 11.5 Å². The van der Waals surface area contributed by atoms with Gasteiger partial charge in [0.15, 0.2) is 11.5 Å². The summed E-state index contributed by atoms with van der Waals surface area (Å²) in [5.74, 6) is 1.65. The van der Waals surface area contributed by atoms with Crippen molar-refractivity contribution in [3.05, 3.63) is 18.2 Å². The van der Waals surface area contributed by atoms with Crippen molar-refractivity contribution >= 4 is 5.69 Å². The topological polar surface area (TPSA) is 39.7 Å². The minimum absolute atomic E-state index is 0.273. The summed E-state index contributed by atoms with van der Waals surface area (Å²) >= 11 is 0. The van der Waals surface area contributed by atoms with Crippen LogP contribution in [0.25, 0.3) is 0 Å². The zero-order valence-corrected chi connectivity index (χ0v) is 11.1. The van der Waals surface area contributed by atoms with E-state index < -0.39 is 0 Å². The minimum atomic E-state index is 0.273. The molecular weight excluding hydrogens is 230 g/mol. The molecule has 0 amide bonds. The van der Waals surface area contributed by atoms with E-state index in [0.29, 0.717) is 13.2 Å². The van der Waals surface area contributed by atoms with Crippen LogP contribution in [-0.2, 0) is 4.74 Å². The average molecular weight is 251 g/mol. The predicted molar refractivity (Wildman–Crippen MR) is 71.6 cm³/mol. The lowest BCUT2D eigenvalue weighted by Crippen LogP contribution is -2.21. The highest BCUT2D eigenvalue weighted by molar-refractivity contribution is 5.55. The van der Waals surface area contributed by atoms with Crippen LogP contribution in [-0.4, -0.2) is 32.5 Å². The summed E-state index contributed by atoms with van der Waals surface area (Å²) in [5.41, 5.74) is 1.03. The normalized spacial score (nSPS) is 15.9.